The van der Waals surface area contributed by atoms with Crippen molar-refractivity contribution in [1.29, 1.82) is 0 Å². The van der Waals surface area contributed by atoms with E-state index in [4.69, 9.17) is 0 Å². The summed E-state index contributed by atoms with van der Waals surface area (Å²) in [6.07, 6.45) is 9.74. The zero-order chi connectivity index (χ0) is 18.5. The van der Waals surface area contributed by atoms with E-state index in [2.05, 4.69) is 31.7 Å². The summed E-state index contributed by atoms with van der Waals surface area (Å²) in [5.74, 6) is 0.879. The van der Waals surface area contributed by atoms with Crippen molar-refractivity contribution < 1.29 is 4.79 Å². The molecule has 1 unspecified atom stereocenters. The molecule has 2 aromatic heterocycles. The Morgan fingerprint density at radius 2 is 2.07 bits per heavy atom. The van der Waals surface area contributed by atoms with Crippen molar-refractivity contribution in [2.75, 3.05) is 31.1 Å². The van der Waals surface area contributed by atoms with Crippen molar-refractivity contribution in [1.82, 2.24) is 25.4 Å². The van der Waals surface area contributed by atoms with Gasteiger partial charge in [0.1, 0.15) is 11.5 Å². The van der Waals surface area contributed by atoms with Gasteiger partial charge >= 0.3 is 0 Å². The number of halogens is 1. The molecule has 2 fully saturated rings. The van der Waals surface area contributed by atoms with Gasteiger partial charge in [0.05, 0.1) is 6.04 Å². The number of nitrogens with zero attached hydrogens (tertiary/aromatic N) is 4. The third kappa shape index (κ3) is 5.02. The molecule has 1 atom stereocenters. The van der Waals surface area contributed by atoms with Crippen LogP contribution >= 0.6 is 12.4 Å². The fourth-order valence-corrected chi connectivity index (χ4v) is 3.86. The van der Waals surface area contributed by atoms with Crippen LogP contribution in [0.4, 0.5) is 5.82 Å². The molecule has 0 radical (unpaired) electrons. The van der Waals surface area contributed by atoms with Gasteiger partial charge in [-0.15, -0.1) is 12.4 Å². The number of piperidine rings is 2. The van der Waals surface area contributed by atoms with Gasteiger partial charge in [-0.2, -0.15) is 5.10 Å². The largest absolute Gasteiger partial charge is 0.357 e. The zero-order valence-corrected chi connectivity index (χ0v) is 17.0. The summed E-state index contributed by atoms with van der Waals surface area (Å²) in [6.45, 7) is 4.60. The molecule has 7 nitrogen and oxygen atoms in total. The topological polar surface area (TPSA) is 75.1 Å². The summed E-state index contributed by atoms with van der Waals surface area (Å²) in [5, 5.41) is 10.8. The van der Waals surface area contributed by atoms with E-state index in [0.717, 1.165) is 50.4 Å². The van der Waals surface area contributed by atoms with Crippen LogP contribution in [0.1, 0.15) is 54.2 Å². The van der Waals surface area contributed by atoms with Gasteiger partial charge in [0, 0.05) is 38.6 Å². The molecule has 0 aliphatic carbocycles. The lowest BCUT2D eigenvalue weighted by atomic mass is 10.1. The molecule has 1 amide bonds. The van der Waals surface area contributed by atoms with E-state index in [-0.39, 0.29) is 18.3 Å². The van der Waals surface area contributed by atoms with Gasteiger partial charge in [0.25, 0.3) is 5.91 Å². The molecule has 2 aliphatic heterocycles. The third-order valence-corrected chi connectivity index (χ3v) is 5.43. The van der Waals surface area contributed by atoms with Crippen LogP contribution in [0.5, 0.6) is 0 Å². The summed E-state index contributed by atoms with van der Waals surface area (Å²) < 4.78 is 1.92. The average Bonchev–Trinajstić information content (AvgIpc) is 3.24. The molecule has 2 N–H and O–H groups in total. The second-order valence-electron chi connectivity index (χ2n) is 7.43. The predicted octanol–water partition coefficient (Wildman–Crippen LogP) is 2.54. The number of pyridine rings is 1. The van der Waals surface area contributed by atoms with Gasteiger partial charge in [-0.25, -0.2) is 4.98 Å². The monoisotopic (exact) mass is 404 g/mol. The van der Waals surface area contributed by atoms with Crippen LogP contribution in [0.25, 0.3) is 0 Å². The fourth-order valence-electron chi connectivity index (χ4n) is 3.86. The Kier molecular flexibility index (Phi) is 7.28. The Balaban J connectivity index is 0.00000225. The van der Waals surface area contributed by atoms with Crippen LogP contribution < -0.4 is 15.5 Å². The number of amides is 1. The highest BCUT2D eigenvalue weighted by atomic mass is 35.5. The van der Waals surface area contributed by atoms with E-state index in [0.29, 0.717) is 18.3 Å². The molecule has 4 rings (SSSR count). The molecule has 2 saturated heterocycles. The van der Waals surface area contributed by atoms with Gasteiger partial charge in [-0.05, 0) is 62.4 Å². The first-order chi connectivity index (χ1) is 13.3. The van der Waals surface area contributed by atoms with Gasteiger partial charge in [0.15, 0.2) is 0 Å². The number of anilines is 1. The predicted molar refractivity (Wildman–Crippen MR) is 112 cm³/mol. The van der Waals surface area contributed by atoms with Crippen LogP contribution in [0.15, 0.2) is 30.6 Å². The summed E-state index contributed by atoms with van der Waals surface area (Å²) >= 11 is 0. The highest BCUT2D eigenvalue weighted by molar-refractivity contribution is 5.92. The minimum absolute atomic E-state index is 0. The van der Waals surface area contributed by atoms with Crippen molar-refractivity contribution >= 4 is 24.1 Å². The fraction of sp³-hybridized carbons (Fsp3) is 0.550. The lowest BCUT2D eigenvalue weighted by Crippen LogP contribution is -2.32. The third-order valence-electron chi connectivity index (χ3n) is 5.43. The number of hydrogen-bond acceptors (Lipinski definition) is 5. The number of nitrogens with one attached hydrogen (secondary N) is 2. The molecule has 0 saturated carbocycles. The first kappa shape index (κ1) is 20.6. The van der Waals surface area contributed by atoms with Crippen molar-refractivity contribution in [3.8, 4) is 0 Å². The number of carbonyl (C=O) groups is 1. The molecule has 0 aromatic carbocycles. The lowest BCUT2D eigenvalue weighted by molar-refractivity contribution is 0.0944. The van der Waals surface area contributed by atoms with Crippen LogP contribution in [0.3, 0.4) is 0 Å². The molecule has 28 heavy (non-hydrogen) atoms. The van der Waals surface area contributed by atoms with Gasteiger partial charge in [-0.1, -0.05) is 0 Å². The molecule has 0 spiro atoms. The van der Waals surface area contributed by atoms with Crippen molar-refractivity contribution in [3.63, 3.8) is 0 Å². The smallest absolute Gasteiger partial charge is 0.272 e. The van der Waals surface area contributed by atoms with Gasteiger partial charge in [0.2, 0.25) is 0 Å². The minimum Gasteiger partial charge on any atom is -0.357 e. The Labute approximate surface area is 172 Å². The van der Waals surface area contributed by atoms with Crippen molar-refractivity contribution in [2.45, 2.75) is 44.7 Å². The molecule has 8 heteroatoms. The van der Waals surface area contributed by atoms with Crippen LogP contribution in [-0.4, -0.2) is 46.9 Å². The Bertz CT molecular complexity index is 768. The molecule has 2 aliphatic rings. The number of rotatable bonds is 5. The van der Waals surface area contributed by atoms with Crippen LogP contribution in [0.2, 0.25) is 0 Å². The second kappa shape index (κ2) is 9.89. The highest BCUT2D eigenvalue weighted by Crippen LogP contribution is 2.19. The molecule has 4 heterocycles. The first-order valence-corrected chi connectivity index (χ1v) is 10.0. The summed E-state index contributed by atoms with van der Waals surface area (Å²) in [7, 11) is 0. The van der Waals surface area contributed by atoms with Crippen molar-refractivity contribution in [2.24, 2.45) is 0 Å². The molecule has 0 bridgehead atoms. The lowest BCUT2D eigenvalue weighted by Gasteiger charge is -2.27. The number of hydrogen-bond donors (Lipinski definition) is 2. The molecule has 2 aromatic rings. The first-order valence-electron chi connectivity index (χ1n) is 10.0. The maximum Gasteiger partial charge on any atom is 0.272 e. The normalized spacial score (nSPS) is 19.7. The maximum absolute atomic E-state index is 12.5. The number of aromatic nitrogens is 3. The minimum atomic E-state index is -0.131. The zero-order valence-electron chi connectivity index (χ0n) is 16.1. The Morgan fingerprint density at radius 3 is 2.86 bits per heavy atom. The standard InChI is InChI=1S/C20H28N6O.ClH/c27-20(18-7-12-26(24-18)17-5-4-8-21-15-17)23-14-16-6-9-22-19(13-16)25-10-2-1-3-11-25;/h6-7,9,12-13,17,21H,1-5,8,10-11,14-15H2,(H,23,27);1H. The Morgan fingerprint density at radius 1 is 1.21 bits per heavy atom. The van der Waals surface area contributed by atoms with Gasteiger partial charge in [-0.3, -0.25) is 9.48 Å². The van der Waals surface area contributed by atoms with E-state index in [1.54, 1.807) is 6.07 Å². The van der Waals surface area contributed by atoms with E-state index in [1.807, 2.05) is 23.1 Å². The van der Waals surface area contributed by atoms with Crippen LogP contribution in [0, 0.1) is 0 Å². The molecule has 152 valence electrons. The highest BCUT2D eigenvalue weighted by Gasteiger charge is 2.18. The van der Waals surface area contributed by atoms with E-state index >= 15 is 0 Å². The van der Waals surface area contributed by atoms with E-state index in [1.165, 1.54) is 19.3 Å². The van der Waals surface area contributed by atoms with E-state index in [9.17, 15) is 4.79 Å². The number of carbonyl (C=O) groups excluding carboxylic acids is 1. The summed E-state index contributed by atoms with van der Waals surface area (Å²) in [5.41, 5.74) is 1.54. The van der Waals surface area contributed by atoms with Crippen molar-refractivity contribution in [3.05, 3.63) is 41.9 Å². The van der Waals surface area contributed by atoms with E-state index < -0.39 is 0 Å². The second-order valence-corrected chi connectivity index (χ2v) is 7.43. The summed E-state index contributed by atoms with van der Waals surface area (Å²) in [4.78, 5) is 19.3. The maximum atomic E-state index is 12.5. The van der Waals surface area contributed by atoms with Gasteiger partial charge < -0.3 is 15.5 Å². The molecular weight excluding hydrogens is 376 g/mol. The molecular formula is C20H29ClN6O. The average molecular weight is 405 g/mol. The van der Waals surface area contributed by atoms with Crippen LogP contribution in [-0.2, 0) is 6.54 Å². The quantitative estimate of drug-likeness (QED) is 0.801. The Hall–Kier alpha value is -2.12. The summed E-state index contributed by atoms with van der Waals surface area (Å²) in [6, 6.07) is 6.18. The SMILES string of the molecule is Cl.O=C(NCc1ccnc(N2CCCCC2)c1)c1ccn(C2CCCNC2)n1.